The monoisotopic (exact) mass is 318 g/mol. The fraction of sp³-hybridized carbons (Fsp3) is 0.235. The van der Waals surface area contributed by atoms with Crippen molar-refractivity contribution in [2.75, 3.05) is 0 Å². The van der Waals surface area contributed by atoms with E-state index in [0.717, 1.165) is 5.56 Å². The Balaban J connectivity index is 2.34. The normalized spacial score (nSPS) is 11.5. The summed E-state index contributed by atoms with van der Waals surface area (Å²) in [4.78, 5) is 11.3. The van der Waals surface area contributed by atoms with Crippen LogP contribution in [0.25, 0.3) is 0 Å². The van der Waals surface area contributed by atoms with Crippen LogP contribution in [0.1, 0.15) is 42.6 Å². The number of ketones is 1. The average Bonchev–Trinajstić information content (AvgIpc) is 2.47. The van der Waals surface area contributed by atoms with Gasteiger partial charge in [0.25, 0.3) is 0 Å². The van der Waals surface area contributed by atoms with Crippen molar-refractivity contribution in [2.45, 2.75) is 31.6 Å². The molecule has 0 N–H and O–H groups in total. The Morgan fingerprint density at radius 1 is 1.05 bits per heavy atom. The first kappa shape index (κ1) is 16.2. The van der Waals surface area contributed by atoms with Crippen LogP contribution in [-0.4, -0.2) is 14.2 Å². The second-order valence-corrected chi connectivity index (χ2v) is 6.89. The van der Waals surface area contributed by atoms with E-state index in [9.17, 15) is 13.2 Å². The Kier molecular flexibility index (Phi) is 4.66. The summed E-state index contributed by atoms with van der Waals surface area (Å²) in [6.07, 6.45) is 0. The molecular weight excluding hydrogens is 300 g/mol. The number of hydrogen-bond acceptors (Lipinski definition) is 4. The van der Waals surface area contributed by atoms with Gasteiger partial charge < -0.3 is 4.18 Å². The van der Waals surface area contributed by atoms with Crippen molar-refractivity contribution < 1.29 is 17.4 Å². The zero-order valence-corrected chi connectivity index (χ0v) is 13.6. The van der Waals surface area contributed by atoms with E-state index in [1.54, 1.807) is 24.3 Å². The molecule has 2 aromatic rings. The molecule has 5 heteroatoms. The van der Waals surface area contributed by atoms with Gasteiger partial charge in [-0.3, -0.25) is 4.79 Å². The molecule has 0 bridgehead atoms. The molecular formula is C17H18O4S. The highest BCUT2D eigenvalue weighted by Gasteiger charge is 2.18. The van der Waals surface area contributed by atoms with Gasteiger partial charge in [-0.05, 0) is 42.7 Å². The molecule has 4 nitrogen and oxygen atoms in total. The van der Waals surface area contributed by atoms with E-state index in [4.69, 9.17) is 4.18 Å². The molecule has 2 aromatic carbocycles. The number of carbonyl (C=O) groups excluding carboxylic acids is 1. The molecule has 0 saturated heterocycles. The van der Waals surface area contributed by atoms with Gasteiger partial charge in [-0.25, -0.2) is 0 Å². The van der Waals surface area contributed by atoms with Crippen LogP contribution < -0.4 is 4.18 Å². The zero-order valence-electron chi connectivity index (χ0n) is 12.7. The van der Waals surface area contributed by atoms with E-state index < -0.39 is 10.1 Å². The lowest BCUT2D eigenvalue weighted by molar-refractivity contribution is 0.101. The van der Waals surface area contributed by atoms with E-state index in [1.807, 2.05) is 19.9 Å². The molecule has 0 aliphatic rings. The van der Waals surface area contributed by atoms with Gasteiger partial charge in [-0.2, -0.15) is 8.42 Å². The van der Waals surface area contributed by atoms with Crippen molar-refractivity contribution >= 4 is 15.9 Å². The third-order valence-electron chi connectivity index (χ3n) is 3.26. The number of benzene rings is 2. The molecule has 22 heavy (non-hydrogen) atoms. The minimum absolute atomic E-state index is 0.0323. The van der Waals surface area contributed by atoms with Gasteiger partial charge in [0, 0.05) is 5.56 Å². The smallest absolute Gasteiger partial charge is 0.339 e. The van der Waals surface area contributed by atoms with Crippen LogP contribution in [0.15, 0.2) is 53.4 Å². The van der Waals surface area contributed by atoms with Crippen LogP contribution in [0.5, 0.6) is 5.75 Å². The summed E-state index contributed by atoms with van der Waals surface area (Å²) in [7, 11) is -3.96. The summed E-state index contributed by atoms with van der Waals surface area (Å²) in [5, 5.41) is 0. The first-order chi connectivity index (χ1) is 10.3. The Labute approximate surface area is 130 Å². The topological polar surface area (TPSA) is 60.4 Å². The second-order valence-electron chi connectivity index (χ2n) is 5.35. The lowest BCUT2D eigenvalue weighted by atomic mass is 10.0. The quantitative estimate of drug-likeness (QED) is 0.622. The summed E-state index contributed by atoms with van der Waals surface area (Å²) in [6.45, 7) is 5.42. The fourth-order valence-corrected chi connectivity index (χ4v) is 2.94. The molecule has 0 aliphatic heterocycles. The molecule has 2 rings (SSSR count). The van der Waals surface area contributed by atoms with Crippen molar-refractivity contribution in [3.05, 3.63) is 59.7 Å². The Morgan fingerprint density at radius 2 is 1.73 bits per heavy atom. The van der Waals surface area contributed by atoms with E-state index in [2.05, 4.69) is 0 Å². The maximum Gasteiger partial charge on any atom is 0.339 e. The Morgan fingerprint density at radius 3 is 2.36 bits per heavy atom. The molecule has 0 spiro atoms. The molecule has 0 radical (unpaired) electrons. The third kappa shape index (κ3) is 3.74. The van der Waals surface area contributed by atoms with Gasteiger partial charge in [0.1, 0.15) is 10.6 Å². The van der Waals surface area contributed by atoms with Crippen LogP contribution in [-0.2, 0) is 10.1 Å². The predicted octanol–water partition coefficient (Wildman–Crippen LogP) is 3.78. The molecule has 0 aliphatic carbocycles. The molecule has 0 amide bonds. The van der Waals surface area contributed by atoms with Crippen LogP contribution in [0, 0.1) is 0 Å². The fourth-order valence-electron chi connectivity index (χ4n) is 1.97. The van der Waals surface area contributed by atoms with Crippen molar-refractivity contribution in [2.24, 2.45) is 0 Å². The largest absolute Gasteiger partial charge is 0.379 e. The molecule has 0 atom stereocenters. The zero-order chi connectivity index (χ0) is 16.3. The van der Waals surface area contributed by atoms with Crippen LogP contribution in [0.2, 0.25) is 0 Å². The van der Waals surface area contributed by atoms with Crippen LogP contribution >= 0.6 is 0 Å². The van der Waals surface area contributed by atoms with Gasteiger partial charge >= 0.3 is 10.1 Å². The van der Waals surface area contributed by atoms with E-state index >= 15 is 0 Å². The maximum atomic E-state index is 12.3. The van der Waals surface area contributed by atoms with Gasteiger partial charge in [0.15, 0.2) is 5.78 Å². The van der Waals surface area contributed by atoms with Gasteiger partial charge in [-0.15, -0.1) is 0 Å². The van der Waals surface area contributed by atoms with Crippen molar-refractivity contribution in [1.29, 1.82) is 0 Å². The highest BCUT2D eigenvalue weighted by atomic mass is 32.2. The first-order valence-electron chi connectivity index (χ1n) is 6.95. The third-order valence-corrected chi connectivity index (χ3v) is 4.50. The predicted molar refractivity (Wildman–Crippen MR) is 84.8 cm³/mol. The number of rotatable bonds is 5. The van der Waals surface area contributed by atoms with E-state index in [1.165, 1.54) is 25.1 Å². The lowest BCUT2D eigenvalue weighted by Gasteiger charge is -2.10. The van der Waals surface area contributed by atoms with Gasteiger partial charge in [0.05, 0.1) is 0 Å². The minimum Gasteiger partial charge on any atom is -0.379 e. The molecule has 0 saturated carbocycles. The van der Waals surface area contributed by atoms with Gasteiger partial charge in [-0.1, -0.05) is 38.1 Å². The molecule has 0 unspecified atom stereocenters. The Hall–Kier alpha value is -2.14. The van der Waals surface area contributed by atoms with E-state index in [-0.39, 0.29) is 22.3 Å². The van der Waals surface area contributed by atoms with Crippen molar-refractivity contribution in [1.82, 2.24) is 0 Å². The summed E-state index contributed by atoms with van der Waals surface area (Å²) in [5.74, 6) is 0.338. The minimum atomic E-state index is -3.96. The standard InChI is InChI=1S/C17H18O4S/c1-12(2)14-6-4-8-16(10-14)21-22(19,20)17-9-5-7-15(11-17)13(3)18/h4-12H,1-3H3. The van der Waals surface area contributed by atoms with Crippen LogP contribution in [0.3, 0.4) is 0 Å². The highest BCUT2D eigenvalue weighted by Crippen LogP contribution is 2.23. The molecule has 0 heterocycles. The van der Waals surface area contributed by atoms with Gasteiger partial charge in [0.2, 0.25) is 0 Å². The highest BCUT2D eigenvalue weighted by molar-refractivity contribution is 7.87. The molecule has 0 aromatic heterocycles. The average molecular weight is 318 g/mol. The molecule has 0 fully saturated rings. The van der Waals surface area contributed by atoms with E-state index in [0.29, 0.717) is 5.56 Å². The summed E-state index contributed by atoms with van der Waals surface area (Å²) in [5.41, 5.74) is 1.32. The van der Waals surface area contributed by atoms with Crippen molar-refractivity contribution in [3.63, 3.8) is 0 Å². The number of hydrogen-bond donors (Lipinski definition) is 0. The van der Waals surface area contributed by atoms with Crippen LogP contribution in [0.4, 0.5) is 0 Å². The number of Topliss-reactive ketones (excluding diaryl/α,β-unsaturated/α-hetero) is 1. The van der Waals surface area contributed by atoms with Crippen molar-refractivity contribution in [3.8, 4) is 5.75 Å². The Bertz CT molecular complexity index is 792. The second kappa shape index (κ2) is 6.32. The summed E-state index contributed by atoms with van der Waals surface area (Å²) < 4.78 is 29.8. The lowest BCUT2D eigenvalue weighted by Crippen LogP contribution is -2.10. The SMILES string of the molecule is CC(=O)c1cccc(S(=O)(=O)Oc2cccc(C(C)C)c2)c1. The number of carbonyl (C=O) groups is 1. The molecule has 116 valence electrons. The summed E-state index contributed by atoms with van der Waals surface area (Å²) >= 11 is 0. The summed E-state index contributed by atoms with van der Waals surface area (Å²) in [6, 6.07) is 12.8. The first-order valence-corrected chi connectivity index (χ1v) is 8.36. The maximum absolute atomic E-state index is 12.3.